The van der Waals surface area contributed by atoms with Crippen LogP contribution in [0.15, 0.2) is 0 Å². The molecule has 1 amide bonds. The number of hydrogen-bond donors (Lipinski definition) is 0. The maximum absolute atomic E-state index is 12.0. The highest BCUT2D eigenvalue weighted by Gasteiger charge is 2.23. The first-order chi connectivity index (χ1) is 7.65. The van der Waals surface area contributed by atoms with Crippen molar-refractivity contribution >= 4 is 17.5 Å². The molecule has 0 aromatic heterocycles. The van der Waals surface area contributed by atoms with Crippen LogP contribution in [0.3, 0.4) is 0 Å². The number of rotatable bonds is 6. The standard InChI is InChI=1S/C12H22ClNO2/c1-10(2)14(7-4-6-13)12(15)9-11-5-3-8-16-11/h10-11H,3-9H2,1-2H3. The van der Waals surface area contributed by atoms with E-state index in [2.05, 4.69) is 0 Å². The fourth-order valence-corrected chi connectivity index (χ4v) is 2.14. The van der Waals surface area contributed by atoms with Crippen molar-refractivity contribution in [2.45, 2.75) is 51.7 Å². The van der Waals surface area contributed by atoms with Crippen molar-refractivity contribution in [2.24, 2.45) is 0 Å². The van der Waals surface area contributed by atoms with Gasteiger partial charge < -0.3 is 9.64 Å². The first kappa shape index (κ1) is 13.8. The third-order valence-corrected chi connectivity index (χ3v) is 3.17. The Labute approximate surface area is 103 Å². The number of alkyl halides is 1. The van der Waals surface area contributed by atoms with Crippen LogP contribution < -0.4 is 0 Å². The Bertz CT molecular complexity index is 215. The molecule has 0 aromatic carbocycles. The van der Waals surface area contributed by atoms with Crippen molar-refractivity contribution < 1.29 is 9.53 Å². The smallest absolute Gasteiger partial charge is 0.225 e. The van der Waals surface area contributed by atoms with E-state index in [1.807, 2.05) is 18.7 Å². The summed E-state index contributed by atoms with van der Waals surface area (Å²) in [6.45, 7) is 5.65. The van der Waals surface area contributed by atoms with E-state index in [1.54, 1.807) is 0 Å². The molecule has 0 aliphatic carbocycles. The number of carbonyl (C=O) groups is 1. The minimum Gasteiger partial charge on any atom is -0.378 e. The summed E-state index contributed by atoms with van der Waals surface area (Å²) in [5, 5.41) is 0. The highest BCUT2D eigenvalue weighted by Crippen LogP contribution is 2.17. The molecule has 1 atom stereocenters. The van der Waals surface area contributed by atoms with Crippen LogP contribution >= 0.6 is 11.6 Å². The average Bonchev–Trinajstić information content (AvgIpc) is 2.70. The Morgan fingerprint density at radius 3 is 2.81 bits per heavy atom. The van der Waals surface area contributed by atoms with Gasteiger partial charge in [0.05, 0.1) is 12.5 Å². The predicted octanol–water partition coefficient (Wildman–Crippen LogP) is 2.42. The summed E-state index contributed by atoms with van der Waals surface area (Å²) in [5.74, 6) is 0.809. The zero-order chi connectivity index (χ0) is 12.0. The molecule has 16 heavy (non-hydrogen) atoms. The van der Waals surface area contributed by atoms with E-state index < -0.39 is 0 Å². The van der Waals surface area contributed by atoms with Gasteiger partial charge in [-0.3, -0.25) is 4.79 Å². The number of nitrogens with zero attached hydrogens (tertiary/aromatic N) is 1. The first-order valence-corrected chi connectivity index (χ1v) is 6.65. The van der Waals surface area contributed by atoms with Crippen molar-refractivity contribution in [2.75, 3.05) is 19.0 Å². The van der Waals surface area contributed by atoms with E-state index in [1.165, 1.54) is 0 Å². The van der Waals surface area contributed by atoms with Gasteiger partial charge in [-0.25, -0.2) is 0 Å². The monoisotopic (exact) mass is 247 g/mol. The molecule has 0 spiro atoms. The third-order valence-electron chi connectivity index (χ3n) is 2.90. The maximum atomic E-state index is 12.0. The van der Waals surface area contributed by atoms with Crippen molar-refractivity contribution in [3.05, 3.63) is 0 Å². The molecule has 0 bridgehead atoms. The van der Waals surface area contributed by atoms with Crippen LogP contribution in [0.5, 0.6) is 0 Å². The summed E-state index contributed by atoms with van der Waals surface area (Å²) in [6, 6.07) is 0.247. The molecule has 1 rings (SSSR count). The zero-order valence-electron chi connectivity index (χ0n) is 10.2. The normalized spacial score (nSPS) is 20.4. The van der Waals surface area contributed by atoms with Gasteiger partial charge in [0.1, 0.15) is 0 Å². The Morgan fingerprint density at radius 1 is 1.56 bits per heavy atom. The van der Waals surface area contributed by atoms with Crippen LogP contribution in [0.1, 0.15) is 39.5 Å². The second kappa shape index (κ2) is 7.13. The van der Waals surface area contributed by atoms with Crippen molar-refractivity contribution in [1.29, 1.82) is 0 Å². The SMILES string of the molecule is CC(C)N(CCCCl)C(=O)CC1CCCO1. The van der Waals surface area contributed by atoms with E-state index in [4.69, 9.17) is 16.3 Å². The molecular formula is C12H22ClNO2. The van der Waals surface area contributed by atoms with Crippen LogP contribution in [-0.4, -0.2) is 42.0 Å². The van der Waals surface area contributed by atoms with Gasteiger partial charge in [-0.05, 0) is 33.1 Å². The van der Waals surface area contributed by atoms with E-state index in [9.17, 15) is 4.79 Å². The average molecular weight is 248 g/mol. The molecule has 0 radical (unpaired) electrons. The van der Waals surface area contributed by atoms with E-state index in [-0.39, 0.29) is 18.1 Å². The second-order valence-corrected chi connectivity index (χ2v) is 4.94. The van der Waals surface area contributed by atoms with Crippen molar-refractivity contribution in [1.82, 2.24) is 4.90 Å². The molecule has 1 unspecified atom stereocenters. The highest BCUT2D eigenvalue weighted by molar-refractivity contribution is 6.17. The molecule has 0 saturated carbocycles. The molecule has 0 N–H and O–H groups in total. The molecule has 4 heteroatoms. The van der Waals surface area contributed by atoms with Crippen LogP contribution in [0, 0.1) is 0 Å². The number of hydrogen-bond acceptors (Lipinski definition) is 2. The lowest BCUT2D eigenvalue weighted by Crippen LogP contribution is -2.39. The molecular weight excluding hydrogens is 226 g/mol. The fraction of sp³-hybridized carbons (Fsp3) is 0.917. The minimum absolute atomic E-state index is 0.143. The molecule has 1 fully saturated rings. The van der Waals surface area contributed by atoms with Gasteiger partial charge in [-0.1, -0.05) is 0 Å². The summed E-state index contributed by atoms with van der Waals surface area (Å²) < 4.78 is 5.48. The quantitative estimate of drug-likeness (QED) is 0.675. The summed E-state index contributed by atoms with van der Waals surface area (Å²) in [5.41, 5.74) is 0. The fourth-order valence-electron chi connectivity index (χ4n) is 2.02. The van der Waals surface area contributed by atoms with Crippen LogP contribution in [0.25, 0.3) is 0 Å². The third kappa shape index (κ3) is 4.30. The molecule has 1 saturated heterocycles. The van der Waals surface area contributed by atoms with Gasteiger partial charge in [0, 0.05) is 25.1 Å². The first-order valence-electron chi connectivity index (χ1n) is 6.12. The van der Waals surface area contributed by atoms with Crippen LogP contribution in [0.4, 0.5) is 0 Å². The molecule has 3 nitrogen and oxygen atoms in total. The predicted molar refractivity (Wildman–Crippen MR) is 65.8 cm³/mol. The van der Waals surface area contributed by atoms with E-state index in [0.29, 0.717) is 12.3 Å². The van der Waals surface area contributed by atoms with Gasteiger partial charge in [0.15, 0.2) is 0 Å². The zero-order valence-corrected chi connectivity index (χ0v) is 11.0. The maximum Gasteiger partial charge on any atom is 0.225 e. The number of halogens is 1. The molecule has 1 heterocycles. The lowest BCUT2D eigenvalue weighted by Gasteiger charge is -2.27. The van der Waals surface area contributed by atoms with Gasteiger partial charge >= 0.3 is 0 Å². The second-order valence-electron chi connectivity index (χ2n) is 4.56. The Hall–Kier alpha value is -0.280. The van der Waals surface area contributed by atoms with Gasteiger partial charge in [-0.15, -0.1) is 11.6 Å². The highest BCUT2D eigenvalue weighted by atomic mass is 35.5. The Morgan fingerprint density at radius 2 is 2.31 bits per heavy atom. The van der Waals surface area contributed by atoms with Gasteiger partial charge in [0.25, 0.3) is 0 Å². The largest absolute Gasteiger partial charge is 0.378 e. The lowest BCUT2D eigenvalue weighted by atomic mass is 10.1. The Balaban J connectivity index is 2.39. The number of ether oxygens (including phenoxy) is 1. The Kier molecular flexibility index (Phi) is 6.14. The van der Waals surface area contributed by atoms with Crippen LogP contribution in [0.2, 0.25) is 0 Å². The van der Waals surface area contributed by atoms with E-state index >= 15 is 0 Å². The van der Waals surface area contributed by atoms with Gasteiger partial charge in [-0.2, -0.15) is 0 Å². The summed E-state index contributed by atoms with van der Waals surface area (Å²) in [7, 11) is 0. The lowest BCUT2D eigenvalue weighted by molar-refractivity contribution is -0.135. The molecule has 1 aliphatic heterocycles. The number of amides is 1. The summed E-state index contributed by atoms with van der Waals surface area (Å²) in [6.07, 6.45) is 3.64. The van der Waals surface area contributed by atoms with Crippen molar-refractivity contribution in [3.63, 3.8) is 0 Å². The molecule has 94 valence electrons. The van der Waals surface area contributed by atoms with Gasteiger partial charge in [0.2, 0.25) is 5.91 Å². The van der Waals surface area contributed by atoms with Crippen LogP contribution in [-0.2, 0) is 9.53 Å². The minimum atomic E-state index is 0.143. The van der Waals surface area contributed by atoms with Crippen molar-refractivity contribution in [3.8, 4) is 0 Å². The molecule has 0 aromatic rings. The van der Waals surface area contributed by atoms with E-state index in [0.717, 1.165) is 32.4 Å². The summed E-state index contributed by atoms with van der Waals surface area (Å²) >= 11 is 5.66. The summed E-state index contributed by atoms with van der Waals surface area (Å²) in [4.78, 5) is 14.0. The number of carbonyl (C=O) groups excluding carboxylic acids is 1. The topological polar surface area (TPSA) is 29.5 Å². The molecule has 1 aliphatic rings.